The number of carbonyl (C=O) groups is 1. The van der Waals surface area contributed by atoms with Crippen molar-refractivity contribution in [1.82, 2.24) is 10.2 Å². The molecule has 5 heteroatoms. The van der Waals surface area contributed by atoms with Crippen LogP contribution in [0, 0.1) is 0 Å². The molecule has 2 atom stereocenters. The molecule has 0 spiro atoms. The Morgan fingerprint density at radius 1 is 1.45 bits per heavy atom. The lowest BCUT2D eigenvalue weighted by atomic mass is 10.1. The summed E-state index contributed by atoms with van der Waals surface area (Å²) in [5, 5.41) is 2.93. The van der Waals surface area contributed by atoms with Gasteiger partial charge >= 0.3 is 6.03 Å². The summed E-state index contributed by atoms with van der Waals surface area (Å²) in [6.45, 7) is 8.99. The van der Waals surface area contributed by atoms with Crippen molar-refractivity contribution in [2.24, 2.45) is 0 Å². The molecule has 1 N–H and O–H groups in total. The smallest absolute Gasteiger partial charge is 0.317 e. The minimum atomic E-state index is 0.0157. The van der Waals surface area contributed by atoms with Crippen molar-refractivity contribution in [3.63, 3.8) is 0 Å². The number of carbonyl (C=O) groups excluding carboxylic acids is 1. The maximum Gasteiger partial charge on any atom is 0.317 e. The molecule has 0 aromatic heterocycles. The number of ether oxygens (including phenoxy) is 2. The number of nitrogens with one attached hydrogen (secondary N) is 1. The van der Waals surface area contributed by atoms with Gasteiger partial charge in [0, 0.05) is 19.7 Å². The molecule has 2 aliphatic rings. The molecular weight excluding hydrogens is 256 g/mol. The predicted molar refractivity (Wildman–Crippen MR) is 77.7 cm³/mol. The first kappa shape index (κ1) is 15.3. The highest BCUT2D eigenvalue weighted by Crippen LogP contribution is 2.27. The molecule has 0 aromatic carbocycles. The number of urea groups is 1. The van der Waals surface area contributed by atoms with Crippen LogP contribution in [0.25, 0.3) is 0 Å². The molecule has 114 valence electrons. The van der Waals surface area contributed by atoms with Crippen LogP contribution in [0.2, 0.25) is 0 Å². The maximum atomic E-state index is 12.2. The molecule has 0 unspecified atom stereocenters. The minimum Gasteiger partial charge on any atom is -0.376 e. The van der Waals surface area contributed by atoms with Crippen LogP contribution in [0.5, 0.6) is 0 Å². The van der Waals surface area contributed by atoms with Gasteiger partial charge in [-0.05, 0) is 32.6 Å². The molecule has 2 heterocycles. The lowest BCUT2D eigenvalue weighted by Crippen LogP contribution is -2.48. The van der Waals surface area contributed by atoms with Crippen LogP contribution in [-0.4, -0.2) is 56.0 Å². The number of hydrogen-bond donors (Lipinski definition) is 1. The van der Waals surface area contributed by atoms with Crippen molar-refractivity contribution in [3.8, 4) is 0 Å². The van der Waals surface area contributed by atoms with Crippen LogP contribution < -0.4 is 5.32 Å². The van der Waals surface area contributed by atoms with E-state index < -0.39 is 0 Å². The summed E-state index contributed by atoms with van der Waals surface area (Å²) in [7, 11) is 0. The van der Waals surface area contributed by atoms with Gasteiger partial charge in [-0.25, -0.2) is 4.79 Å². The molecule has 0 bridgehead atoms. The Balaban J connectivity index is 1.69. The van der Waals surface area contributed by atoms with Gasteiger partial charge in [-0.1, -0.05) is 12.2 Å². The predicted octanol–water partition coefficient (Wildman–Crippen LogP) is 1.93. The fourth-order valence-corrected chi connectivity index (χ4v) is 2.92. The Morgan fingerprint density at radius 2 is 2.30 bits per heavy atom. The van der Waals surface area contributed by atoms with Crippen molar-refractivity contribution in [3.05, 3.63) is 12.2 Å². The average Bonchev–Trinajstić information content (AvgIpc) is 3.08. The van der Waals surface area contributed by atoms with Crippen molar-refractivity contribution in [2.75, 3.05) is 32.9 Å². The Labute approximate surface area is 121 Å². The Kier molecular flexibility index (Phi) is 5.86. The highest BCUT2D eigenvalue weighted by molar-refractivity contribution is 5.74. The van der Waals surface area contributed by atoms with Gasteiger partial charge in [0.1, 0.15) is 0 Å². The van der Waals surface area contributed by atoms with Crippen LogP contribution in [0.3, 0.4) is 0 Å². The van der Waals surface area contributed by atoms with Crippen LogP contribution in [0.15, 0.2) is 12.2 Å². The van der Waals surface area contributed by atoms with Gasteiger partial charge in [0.25, 0.3) is 0 Å². The van der Waals surface area contributed by atoms with Gasteiger partial charge in [-0.3, -0.25) is 0 Å². The second kappa shape index (κ2) is 7.64. The lowest BCUT2D eigenvalue weighted by molar-refractivity contribution is 0.0517. The first-order valence-corrected chi connectivity index (χ1v) is 7.56. The lowest BCUT2D eigenvalue weighted by Gasteiger charge is -2.29. The molecule has 5 nitrogen and oxygen atoms in total. The number of rotatable bonds is 6. The summed E-state index contributed by atoms with van der Waals surface area (Å²) in [6, 6.07) is 0.274. The average molecular weight is 282 g/mol. The van der Waals surface area contributed by atoms with Crippen molar-refractivity contribution in [2.45, 2.75) is 44.8 Å². The van der Waals surface area contributed by atoms with Gasteiger partial charge in [0.05, 0.1) is 25.4 Å². The minimum absolute atomic E-state index is 0.0157. The van der Waals surface area contributed by atoms with Crippen LogP contribution in [-0.2, 0) is 9.47 Å². The third-order valence-electron chi connectivity index (χ3n) is 3.83. The van der Waals surface area contributed by atoms with E-state index in [4.69, 9.17) is 9.47 Å². The van der Waals surface area contributed by atoms with E-state index in [0.29, 0.717) is 19.8 Å². The molecule has 2 amide bonds. The summed E-state index contributed by atoms with van der Waals surface area (Å²) >= 11 is 0. The largest absolute Gasteiger partial charge is 0.376 e. The van der Waals surface area contributed by atoms with Gasteiger partial charge in [0.15, 0.2) is 0 Å². The number of nitrogens with zero attached hydrogens (tertiary/aromatic N) is 1. The third-order valence-corrected chi connectivity index (χ3v) is 3.83. The van der Waals surface area contributed by atoms with Crippen molar-refractivity contribution in [1.29, 1.82) is 0 Å². The molecule has 0 aromatic rings. The molecular formula is C15H26N2O3. The number of amides is 2. The quantitative estimate of drug-likeness (QED) is 0.598. The van der Waals surface area contributed by atoms with Crippen LogP contribution in [0.1, 0.15) is 32.6 Å². The number of likely N-dealkylation sites (tertiary alicyclic amines) is 1. The maximum absolute atomic E-state index is 12.2. The molecule has 20 heavy (non-hydrogen) atoms. The van der Waals surface area contributed by atoms with Gasteiger partial charge < -0.3 is 19.7 Å². The summed E-state index contributed by atoms with van der Waals surface area (Å²) in [5.41, 5.74) is 0.995. The Hall–Kier alpha value is -1.07. The van der Waals surface area contributed by atoms with E-state index >= 15 is 0 Å². The summed E-state index contributed by atoms with van der Waals surface area (Å²) in [6.07, 6.45) is 4.57. The van der Waals surface area contributed by atoms with E-state index in [9.17, 15) is 4.79 Å². The first-order valence-electron chi connectivity index (χ1n) is 7.56. The Morgan fingerprint density at radius 3 is 3.00 bits per heavy atom. The van der Waals surface area contributed by atoms with E-state index in [1.165, 1.54) is 0 Å². The molecule has 0 saturated carbocycles. The number of hydrogen-bond acceptors (Lipinski definition) is 3. The Bertz CT molecular complexity index is 340. The van der Waals surface area contributed by atoms with E-state index in [2.05, 4.69) is 11.9 Å². The van der Waals surface area contributed by atoms with E-state index in [0.717, 1.165) is 44.4 Å². The summed E-state index contributed by atoms with van der Waals surface area (Å²) in [4.78, 5) is 14.1. The topological polar surface area (TPSA) is 50.8 Å². The normalized spacial score (nSPS) is 25.9. The summed E-state index contributed by atoms with van der Waals surface area (Å²) < 4.78 is 11.1. The van der Waals surface area contributed by atoms with E-state index in [1.807, 2.05) is 11.8 Å². The molecule has 2 rings (SSSR count). The fraction of sp³-hybridized carbons (Fsp3) is 0.800. The van der Waals surface area contributed by atoms with Crippen LogP contribution in [0.4, 0.5) is 4.79 Å². The molecule has 0 radical (unpaired) electrons. The molecule has 2 saturated heterocycles. The van der Waals surface area contributed by atoms with E-state index in [-0.39, 0.29) is 18.2 Å². The van der Waals surface area contributed by atoms with Crippen molar-refractivity contribution >= 4 is 6.03 Å². The van der Waals surface area contributed by atoms with Gasteiger partial charge in [0.2, 0.25) is 0 Å². The van der Waals surface area contributed by atoms with Crippen LogP contribution >= 0.6 is 0 Å². The SMILES string of the molecule is C=C(C)COCCNC(=O)N1CCC[C@H]1[C@@H]1CCCO1. The first-order chi connectivity index (χ1) is 9.68. The monoisotopic (exact) mass is 282 g/mol. The molecule has 2 fully saturated rings. The zero-order chi connectivity index (χ0) is 14.4. The molecule has 0 aliphatic carbocycles. The van der Waals surface area contributed by atoms with Gasteiger partial charge in [-0.15, -0.1) is 0 Å². The molecule has 2 aliphatic heterocycles. The van der Waals surface area contributed by atoms with Crippen molar-refractivity contribution < 1.29 is 14.3 Å². The highest BCUT2D eigenvalue weighted by Gasteiger charge is 2.36. The third kappa shape index (κ3) is 4.21. The van der Waals surface area contributed by atoms with E-state index in [1.54, 1.807) is 0 Å². The zero-order valence-electron chi connectivity index (χ0n) is 12.4. The highest BCUT2D eigenvalue weighted by atomic mass is 16.5. The van der Waals surface area contributed by atoms with Gasteiger partial charge in [-0.2, -0.15) is 0 Å². The fourth-order valence-electron chi connectivity index (χ4n) is 2.92. The summed E-state index contributed by atoms with van der Waals surface area (Å²) in [5.74, 6) is 0. The zero-order valence-corrected chi connectivity index (χ0v) is 12.4. The second-order valence-electron chi connectivity index (χ2n) is 5.70. The standard InChI is InChI=1S/C15H26N2O3/c1-12(2)11-19-10-7-16-15(18)17-8-3-5-13(17)14-6-4-9-20-14/h13-14H,1,3-11H2,2H3,(H,16,18)/t13-,14-/m0/s1. The second-order valence-corrected chi connectivity index (χ2v) is 5.70.